The SMILES string of the molecule is CCOCCCn1c(NC(=O)CNC(=O)c2cccc(Br)c2)nc2ccccc21. The van der Waals surface area contributed by atoms with E-state index in [1.807, 2.05) is 41.8 Å². The zero-order valence-corrected chi connectivity index (χ0v) is 17.7. The molecule has 1 aromatic heterocycles. The second-order valence-corrected chi connectivity index (χ2v) is 7.28. The van der Waals surface area contributed by atoms with Crippen molar-refractivity contribution in [3.63, 3.8) is 0 Å². The van der Waals surface area contributed by atoms with Gasteiger partial charge in [0.05, 0.1) is 17.6 Å². The Bertz CT molecular complexity index is 1000. The molecule has 0 aliphatic carbocycles. The monoisotopic (exact) mass is 458 g/mol. The number of amides is 2. The van der Waals surface area contributed by atoms with Crippen LogP contribution in [0.25, 0.3) is 11.0 Å². The van der Waals surface area contributed by atoms with Crippen molar-refractivity contribution >= 4 is 44.7 Å². The summed E-state index contributed by atoms with van der Waals surface area (Å²) in [5.74, 6) is -0.189. The van der Waals surface area contributed by atoms with Crippen LogP contribution in [0.2, 0.25) is 0 Å². The minimum atomic E-state index is -0.338. The number of fused-ring (bicyclic) bond motifs is 1. The first-order valence-corrected chi connectivity index (χ1v) is 10.2. The molecule has 1 heterocycles. The van der Waals surface area contributed by atoms with Crippen LogP contribution in [0.4, 0.5) is 5.95 Å². The number of aryl methyl sites for hydroxylation is 1. The number of anilines is 1. The normalized spacial score (nSPS) is 10.8. The van der Waals surface area contributed by atoms with Crippen molar-refractivity contribution < 1.29 is 14.3 Å². The van der Waals surface area contributed by atoms with Crippen molar-refractivity contribution in [1.29, 1.82) is 0 Å². The number of carbonyl (C=O) groups is 2. The molecule has 29 heavy (non-hydrogen) atoms. The Labute approximate surface area is 177 Å². The van der Waals surface area contributed by atoms with E-state index in [0.717, 1.165) is 21.9 Å². The average molecular weight is 459 g/mol. The highest BCUT2D eigenvalue weighted by atomic mass is 79.9. The first kappa shape index (κ1) is 21.0. The van der Waals surface area contributed by atoms with E-state index in [9.17, 15) is 9.59 Å². The van der Waals surface area contributed by atoms with Crippen LogP contribution < -0.4 is 10.6 Å². The lowest BCUT2D eigenvalue weighted by atomic mass is 10.2. The minimum absolute atomic E-state index is 0.145. The number of benzene rings is 2. The number of imidazole rings is 1. The predicted octanol–water partition coefficient (Wildman–Crippen LogP) is 3.59. The molecule has 0 spiro atoms. The van der Waals surface area contributed by atoms with Gasteiger partial charge in [0.15, 0.2) is 0 Å². The van der Waals surface area contributed by atoms with Crippen molar-refractivity contribution in [1.82, 2.24) is 14.9 Å². The van der Waals surface area contributed by atoms with E-state index >= 15 is 0 Å². The standard InChI is InChI=1S/C21H23BrN4O3/c1-2-29-12-6-11-26-18-10-4-3-9-17(18)24-21(26)25-19(27)14-23-20(28)15-7-5-8-16(22)13-15/h3-5,7-10,13H,2,6,11-12,14H2,1H3,(H,23,28)(H,24,25,27). The molecule has 7 nitrogen and oxygen atoms in total. The zero-order chi connectivity index (χ0) is 20.6. The third-order valence-electron chi connectivity index (χ3n) is 4.28. The van der Waals surface area contributed by atoms with E-state index in [2.05, 4.69) is 31.5 Å². The summed E-state index contributed by atoms with van der Waals surface area (Å²) in [5.41, 5.74) is 2.23. The predicted molar refractivity (Wildman–Crippen MR) is 116 cm³/mol. The smallest absolute Gasteiger partial charge is 0.251 e. The number of nitrogens with zero attached hydrogens (tertiary/aromatic N) is 2. The molecule has 0 aliphatic heterocycles. The number of ether oxygens (including phenoxy) is 1. The summed E-state index contributed by atoms with van der Waals surface area (Å²) < 4.78 is 8.17. The fourth-order valence-corrected chi connectivity index (χ4v) is 3.33. The van der Waals surface area contributed by atoms with Crippen LogP contribution in [0.5, 0.6) is 0 Å². The number of hydrogen-bond donors (Lipinski definition) is 2. The number of para-hydroxylation sites is 2. The number of hydrogen-bond acceptors (Lipinski definition) is 4. The van der Waals surface area contributed by atoms with Crippen LogP contribution >= 0.6 is 15.9 Å². The second-order valence-electron chi connectivity index (χ2n) is 6.37. The van der Waals surface area contributed by atoms with E-state index < -0.39 is 0 Å². The van der Waals surface area contributed by atoms with Gasteiger partial charge in [-0.3, -0.25) is 14.9 Å². The van der Waals surface area contributed by atoms with Gasteiger partial charge < -0.3 is 14.6 Å². The first-order valence-electron chi connectivity index (χ1n) is 9.45. The fraction of sp³-hybridized carbons (Fsp3) is 0.286. The topological polar surface area (TPSA) is 85.2 Å². The summed E-state index contributed by atoms with van der Waals surface area (Å²) in [6.07, 6.45) is 0.802. The Kier molecular flexibility index (Phi) is 7.37. The molecular formula is C21H23BrN4O3. The summed E-state index contributed by atoms with van der Waals surface area (Å²) in [7, 11) is 0. The summed E-state index contributed by atoms with van der Waals surface area (Å²) in [6.45, 7) is 3.79. The average Bonchev–Trinajstić information content (AvgIpc) is 3.06. The van der Waals surface area contributed by atoms with E-state index in [0.29, 0.717) is 31.3 Å². The van der Waals surface area contributed by atoms with Gasteiger partial charge in [-0.1, -0.05) is 34.1 Å². The van der Waals surface area contributed by atoms with Gasteiger partial charge >= 0.3 is 0 Å². The molecule has 2 N–H and O–H groups in total. The number of aromatic nitrogens is 2. The van der Waals surface area contributed by atoms with Crippen molar-refractivity contribution in [3.05, 3.63) is 58.6 Å². The number of nitrogens with one attached hydrogen (secondary N) is 2. The fourth-order valence-electron chi connectivity index (χ4n) is 2.93. The summed E-state index contributed by atoms with van der Waals surface area (Å²) in [6, 6.07) is 14.7. The van der Waals surface area contributed by atoms with Gasteiger partial charge in [0.2, 0.25) is 11.9 Å². The highest BCUT2D eigenvalue weighted by molar-refractivity contribution is 9.10. The molecule has 2 amide bonds. The molecule has 8 heteroatoms. The lowest BCUT2D eigenvalue weighted by Crippen LogP contribution is -2.33. The maximum absolute atomic E-state index is 12.4. The Morgan fingerprint density at radius 1 is 1.17 bits per heavy atom. The van der Waals surface area contributed by atoms with Gasteiger partial charge in [0, 0.05) is 29.8 Å². The summed E-state index contributed by atoms with van der Waals surface area (Å²) in [4.78, 5) is 29.1. The Hall–Kier alpha value is -2.71. The second kappa shape index (κ2) is 10.2. The molecule has 2 aromatic carbocycles. The van der Waals surface area contributed by atoms with E-state index in [1.165, 1.54) is 0 Å². The maximum atomic E-state index is 12.4. The Morgan fingerprint density at radius 2 is 2.00 bits per heavy atom. The molecule has 0 radical (unpaired) electrons. The number of carbonyl (C=O) groups excluding carboxylic acids is 2. The summed E-state index contributed by atoms with van der Waals surface area (Å²) in [5, 5.41) is 5.44. The van der Waals surface area contributed by atoms with Crippen LogP contribution in [-0.2, 0) is 16.1 Å². The molecule has 0 atom stereocenters. The van der Waals surface area contributed by atoms with Gasteiger partial charge in [-0.15, -0.1) is 0 Å². The first-order chi connectivity index (χ1) is 14.1. The van der Waals surface area contributed by atoms with Crippen LogP contribution in [0.1, 0.15) is 23.7 Å². The molecule has 0 saturated carbocycles. The maximum Gasteiger partial charge on any atom is 0.251 e. The van der Waals surface area contributed by atoms with E-state index in [4.69, 9.17) is 4.74 Å². The molecule has 0 bridgehead atoms. The van der Waals surface area contributed by atoms with Crippen LogP contribution in [-0.4, -0.2) is 41.1 Å². The molecule has 0 saturated heterocycles. The molecule has 0 unspecified atom stereocenters. The lowest BCUT2D eigenvalue weighted by Gasteiger charge is -2.11. The largest absolute Gasteiger partial charge is 0.382 e. The third-order valence-corrected chi connectivity index (χ3v) is 4.77. The van der Waals surface area contributed by atoms with Crippen molar-refractivity contribution in [2.75, 3.05) is 25.1 Å². The lowest BCUT2D eigenvalue weighted by molar-refractivity contribution is -0.115. The van der Waals surface area contributed by atoms with E-state index in [-0.39, 0.29) is 18.4 Å². The highest BCUT2D eigenvalue weighted by Gasteiger charge is 2.14. The quantitative estimate of drug-likeness (QED) is 0.479. The Morgan fingerprint density at radius 3 is 2.79 bits per heavy atom. The van der Waals surface area contributed by atoms with Gasteiger partial charge in [-0.2, -0.15) is 0 Å². The van der Waals surface area contributed by atoms with Gasteiger partial charge in [-0.25, -0.2) is 4.98 Å². The molecule has 3 rings (SSSR count). The highest BCUT2D eigenvalue weighted by Crippen LogP contribution is 2.20. The zero-order valence-electron chi connectivity index (χ0n) is 16.2. The number of rotatable bonds is 9. The van der Waals surface area contributed by atoms with Crippen LogP contribution in [0.15, 0.2) is 53.0 Å². The molecule has 152 valence electrons. The number of halogens is 1. The van der Waals surface area contributed by atoms with E-state index in [1.54, 1.807) is 18.2 Å². The molecule has 0 fully saturated rings. The Balaban J connectivity index is 1.65. The summed E-state index contributed by atoms with van der Waals surface area (Å²) >= 11 is 3.33. The van der Waals surface area contributed by atoms with Gasteiger partial charge in [0.25, 0.3) is 5.91 Å². The van der Waals surface area contributed by atoms with Crippen LogP contribution in [0, 0.1) is 0 Å². The van der Waals surface area contributed by atoms with Crippen molar-refractivity contribution in [3.8, 4) is 0 Å². The van der Waals surface area contributed by atoms with Crippen molar-refractivity contribution in [2.45, 2.75) is 19.9 Å². The third kappa shape index (κ3) is 5.65. The van der Waals surface area contributed by atoms with Crippen molar-refractivity contribution in [2.24, 2.45) is 0 Å². The van der Waals surface area contributed by atoms with Crippen LogP contribution in [0.3, 0.4) is 0 Å². The molecule has 0 aliphatic rings. The minimum Gasteiger partial charge on any atom is -0.382 e. The molecular weight excluding hydrogens is 436 g/mol. The molecule has 3 aromatic rings. The van der Waals surface area contributed by atoms with Gasteiger partial charge in [-0.05, 0) is 43.7 Å². The van der Waals surface area contributed by atoms with Gasteiger partial charge in [0.1, 0.15) is 0 Å².